The summed E-state index contributed by atoms with van der Waals surface area (Å²) in [5.41, 5.74) is 1.57. The van der Waals surface area contributed by atoms with Gasteiger partial charge in [-0.2, -0.15) is 4.31 Å². The number of benzene rings is 2. The summed E-state index contributed by atoms with van der Waals surface area (Å²) in [6.45, 7) is 1.20. The molecule has 2 bridgehead atoms. The number of methoxy groups -OCH3 is 3. The van der Waals surface area contributed by atoms with Crippen molar-refractivity contribution in [2.75, 3.05) is 39.7 Å². The standard InChI is InChI=1S/C27H29N3O7S/c1-35-23-12-18(13-24(36-2)26(23)37-3)27(32)28-20-7-9-21(10-8-20)38(33,34)29-14-17-11-19(16-29)22-5-4-6-25(31)30(22)15-17/h4-10,12-13,17,19H,11,14-16H2,1-3H3,(H,28,32). The first-order valence-electron chi connectivity index (χ1n) is 12.2. The Hall–Kier alpha value is -3.83. The van der Waals surface area contributed by atoms with E-state index in [0.29, 0.717) is 42.6 Å². The van der Waals surface area contributed by atoms with Crippen molar-refractivity contribution in [2.24, 2.45) is 5.92 Å². The van der Waals surface area contributed by atoms with Crippen LogP contribution < -0.4 is 25.1 Å². The van der Waals surface area contributed by atoms with Gasteiger partial charge in [-0.05, 0) is 54.8 Å². The van der Waals surface area contributed by atoms with Gasteiger partial charge in [0.25, 0.3) is 11.5 Å². The number of rotatable bonds is 7. The van der Waals surface area contributed by atoms with Crippen LogP contribution in [0.15, 0.2) is 64.3 Å². The van der Waals surface area contributed by atoms with Crippen LogP contribution in [-0.2, 0) is 16.6 Å². The molecule has 2 aromatic carbocycles. The molecule has 0 spiro atoms. The van der Waals surface area contributed by atoms with Gasteiger partial charge in [-0.1, -0.05) is 6.07 Å². The summed E-state index contributed by atoms with van der Waals surface area (Å²) < 4.78 is 46.2. The van der Waals surface area contributed by atoms with Crippen molar-refractivity contribution < 1.29 is 27.4 Å². The lowest BCUT2D eigenvalue weighted by molar-refractivity contribution is 0.102. The largest absolute Gasteiger partial charge is 0.493 e. The Morgan fingerprint density at radius 1 is 0.921 bits per heavy atom. The molecule has 5 rings (SSSR count). The number of fused-ring (bicyclic) bond motifs is 4. The van der Waals surface area contributed by atoms with Crippen LogP contribution in [0.25, 0.3) is 0 Å². The first kappa shape index (κ1) is 25.8. The molecular formula is C27H29N3O7S. The Bertz CT molecular complexity index is 1510. The van der Waals surface area contributed by atoms with Crippen molar-refractivity contribution >= 4 is 21.6 Å². The van der Waals surface area contributed by atoms with Gasteiger partial charge < -0.3 is 24.1 Å². The number of carbonyl (C=O) groups excluding carboxylic acids is 1. The number of ether oxygens (including phenoxy) is 3. The van der Waals surface area contributed by atoms with E-state index in [4.69, 9.17) is 14.2 Å². The number of nitrogens with zero attached hydrogens (tertiary/aromatic N) is 2. The summed E-state index contributed by atoms with van der Waals surface area (Å²) in [4.78, 5) is 25.3. The van der Waals surface area contributed by atoms with E-state index in [1.54, 1.807) is 28.8 Å². The van der Waals surface area contributed by atoms with E-state index in [-0.39, 0.29) is 27.9 Å². The van der Waals surface area contributed by atoms with Crippen LogP contribution >= 0.6 is 0 Å². The van der Waals surface area contributed by atoms with E-state index in [1.807, 2.05) is 6.07 Å². The number of hydrogen-bond acceptors (Lipinski definition) is 7. The Morgan fingerprint density at radius 2 is 1.61 bits per heavy atom. The minimum absolute atomic E-state index is 0.0248. The number of aromatic nitrogens is 1. The zero-order valence-corrected chi connectivity index (χ0v) is 22.2. The van der Waals surface area contributed by atoms with Crippen molar-refractivity contribution in [1.82, 2.24) is 8.87 Å². The molecule has 11 heteroatoms. The normalized spacial score (nSPS) is 18.8. The quantitative estimate of drug-likeness (QED) is 0.491. The van der Waals surface area contributed by atoms with Gasteiger partial charge in [0, 0.05) is 48.6 Å². The average Bonchev–Trinajstić information content (AvgIpc) is 2.93. The second-order valence-electron chi connectivity index (χ2n) is 9.41. The molecule has 0 aliphatic carbocycles. The fourth-order valence-corrected chi connectivity index (χ4v) is 6.89. The van der Waals surface area contributed by atoms with E-state index in [2.05, 4.69) is 5.32 Å². The number of carbonyl (C=O) groups is 1. The summed E-state index contributed by atoms with van der Waals surface area (Å²) in [7, 11) is 0.654. The van der Waals surface area contributed by atoms with E-state index < -0.39 is 15.9 Å². The predicted octanol–water partition coefficient (Wildman–Crippen LogP) is 2.93. The molecule has 3 heterocycles. The first-order valence-corrected chi connectivity index (χ1v) is 13.6. The van der Waals surface area contributed by atoms with Crippen LogP contribution in [0.5, 0.6) is 17.2 Å². The fraction of sp³-hybridized carbons (Fsp3) is 0.333. The number of anilines is 1. The van der Waals surface area contributed by atoms with Gasteiger partial charge in [0.05, 0.1) is 26.2 Å². The third kappa shape index (κ3) is 4.63. The molecule has 1 amide bonds. The Labute approximate surface area is 220 Å². The zero-order valence-electron chi connectivity index (χ0n) is 21.3. The number of piperidine rings is 1. The predicted molar refractivity (Wildman–Crippen MR) is 141 cm³/mol. The highest BCUT2D eigenvalue weighted by atomic mass is 32.2. The zero-order chi connectivity index (χ0) is 27.0. The number of pyridine rings is 1. The van der Waals surface area contributed by atoms with Gasteiger partial charge in [-0.3, -0.25) is 9.59 Å². The Balaban J connectivity index is 1.33. The third-order valence-corrected chi connectivity index (χ3v) is 8.97. The SMILES string of the molecule is COc1cc(C(=O)Nc2ccc(S(=O)(=O)N3CC4CC(C3)c3cccc(=O)n3C4)cc2)cc(OC)c1OC. The molecule has 2 atom stereocenters. The summed E-state index contributed by atoms with van der Waals surface area (Å²) in [6.07, 6.45) is 0.862. The molecule has 1 aromatic heterocycles. The van der Waals surface area contributed by atoms with Crippen molar-refractivity contribution in [2.45, 2.75) is 23.8 Å². The van der Waals surface area contributed by atoms with Crippen molar-refractivity contribution in [1.29, 1.82) is 0 Å². The minimum atomic E-state index is -3.75. The molecule has 200 valence electrons. The molecule has 38 heavy (non-hydrogen) atoms. The molecule has 0 saturated carbocycles. The van der Waals surface area contributed by atoms with E-state index in [1.165, 1.54) is 49.9 Å². The monoisotopic (exact) mass is 539 g/mol. The molecule has 2 unspecified atom stereocenters. The summed E-state index contributed by atoms with van der Waals surface area (Å²) >= 11 is 0. The van der Waals surface area contributed by atoms with Crippen LogP contribution in [0.3, 0.4) is 0 Å². The van der Waals surface area contributed by atoms with Crippen LogP contribution in [0.2, 0.25) is 0 Å². The Kier molecular flexibility index (Phi) is 6.89. The maximum atomic E-state index is 13.5. The van der Waals surface area contributed by atoms with Gasteiger partial charge in [0.15, 0.2) is 11.5 Å². The van der Waals surface area contributed by atoms with Gasteiger partial charge in [-0.25, -0.2) is 8.42 Å². The molecular weight excluding hydrogens is 510 g/mol. The smallest absolute Gasteiger partial charge is 0.255 e. The lowest BCUT2D eigenvalue weighted by Crippen LogP contribution is -2.48. The number of nitrogens with one attached hydrogen (secondary N) is 1. The maximum Gasteiger partial charge on any atom is 0.255 e. The second-order valence-corrected chi connectivity index (χ2v) is 11.4. The topological polar surface area (TPSA) is 116 Å². The van der Waals surface area contributed by atoms with Crippen molar-refractivity contribution in [3.63, 3.8) is 0 Å². The average molecular weight is 540 g/mol. The minimum Gasteiger partial charge on any atom is -0.493 e. The second kappa shape index (κ2) is 10.1. The number of sulfonamides is 1. The van der Waals surface area contributed by atoms with Gasteiger partial charge in [0.2, 0.25) is 15.8 Å². The summed E-state index contributed by atoms with van der Waals surface area (Å²) in [5.74, 6) is 0.696. The molecule has 3 aromatic rings. The highest BCUT2D eigenvalue weighted by Crippen LogP contribution is 2.39. The lowest BCUT2D eigenvalue weighted by atomic mass is 9.84. The molecule has 1 saturated heterocycles. The van der Waals surface area contributed by atoms with E-state index in [9.17, 15) is 18.0 Å². The summed E-state index contributed by atoms with van der Waals surface area (Å²) in [5, 5.41) is 2.77. The third-order valence-electron chi connectivity index (χ3n) is 7.12. The molecule has 1 N–H and O–H groups in total. The van der Waals surface area contributed by atoms with E-state index in [0.717, 1.165) is 12.1 Å². The highest BCUT2D eigenvalue weighted by Gasteiger charge is 2.39. The molecule has 1 fully saturated rings. The number of amides is 1. The van der Waals surface area contributed by atoms with Gasteiger partial charge in [-0.15, -0.1) is 0 Å². The maximum absolute atomic E-state index is 13.5. The van der Waals surface area contributed by atoms with E-state index >= 15 is 0 Å². The van der Waals surface area contributed by atoms with Crippen LogP contribution in [0.4, 0.5) is 5.69 Å². The number of hydrogen-bond donors (Lipinski definition) is 1. The Morgan fingerprint density at radius 3 is 2.24 bits per heavy atom. The van der Waals surface area contributed by atoms with Crippen LogP contribution in [-0.4, -0.2) is 57.6 Å². The van der Waals surface area contributed by atoms with Crippen molar-refractivity contribution in [3.05, 3.63) is 76.2 Å². The molecule has 2 aliphatic rings. The highest BCUT2D eigenvalue weighted by molar-refractivity contribution is 7.89. The first-order chi connectivity index (χ1) is 18.2. The summed E-state index contributed by atoms with van der Waals surface area (Å²) in [6, 6.07) is 14.3. The van der Waals surface area contributed by atoms with Gasteiger partial charge in [0.1, 0.15) is 0 Å². The lowest BCUT2D eigenvalue weighted by Gasteiger charge is -2.42. The van der Waals surface area contributed by atoms with Crippen LogP contribution in [0, 0.1) is 5.92 Å². The molecule has 2 aliphatic heterocycles. The van der Waals surface area contributed by atoms with Crippen molar-refractivity contribution in [3.8, 4) is 17.2 Å². The van der Waals surface area contributed by atoms with Gasteiger partial charge >= 0.3 is 0 Å². The fourth-order valence-electron chi connectivity index (χ4n) is 5.32. The molecule has 0 radical (unpaired) electrons. The van der Waals surface area contributed by atoms with Crippen LogP contribution in [0.1, 0.15) is 28.4 Å². The molecule has 10 nitrogen and oxygen atoms in total.